The third-order valence-corrected chi connectivity index (χ3v) is 3.72. The molecule has 1 saturated heterocycles. The molecule has 2 N–H and O–H groups in total. The Kier molecular flexibility index (Phi) is 3.84. The Morgan fingerprint density at radius 1 is 1.47 bits per heavy atom. The van der Waals surface area contributed by atoms with Crippen molar-refractivity contribution in [2.75, 3.05) is 37.3 Å². The van der Waals surface area contributed by atoms with Gasteiger partial charge in [0, 0.05) is 44.1 Å². The number of aromatic nitrogens is 1. The van der Waals surface area contributed by atoms with Crippen molar-refractivity contribution in [2.24, 2.45) is 0 Å². The molecule has 17 heavy (non-hydrogen) atoms. The van der Waals surface area contributed by atoms with Gasteiger partial charge in [-0.05, 0) is 25.5 Å². The number of nitrogen functional groups attached to an aromatic ring is 1. The summed E-state index contributed by atoms with van der Waals surface area (Å²) in [6.45, 7) is 5.80. The first-order valence-electron chi connectivity index (χ1n) is 6.37. The van der Waals surface area contributed by atoms with Crippen molar-refractivity contribution < 1.29 is 0 Å². The summed E-state index contributed by atoms with van der Waals surface area (Å²) in [6, 6.07) is 4.61. The summed E-state index contributed by atoms with van der Waals surface area (Å²) in [5, 5.41) is 0. The number of hydrogen-bond donors (Lipinski definition) is 1. The van der Waals surface area contributed by atoms with Gasteiger partial charge in [0.05, 0.1) is 0 Å². The molecule has 0 unspecified atom stereocenters. The highest BCUT2D eigenvalue weighted by Crippen LogP contribution is 2.22. The highest BCUT2D eigenvalue weighted by Gasteiger charge is 2.21. The van der Waals surface area contributed by atoms with Gasteiger partial charge >= 0.3 is 0 Å². The van der Waals surface area contributed by atoms with E-state index >= 15 is 0 Å². The standard InChI is InChI=1S/C13H22N4/c1-3-17-8-5-11(6-9-17)16(2)12-4-7-15-13(14)10-12/h4,7,10-11H,3,5-6,8-9H2,1-2H3,(H2,14,15). The molecule has 1 aromatic rings. The van der Waals surface area contributed by atoms with Crippen molar-refractivity contribution in [3.05, 3.63) is 18.3 Å². The fraction of sp³-hybridized carbons (Fsp3) is 0.615. The SMILES string of the molecule is CCN1CCC(N(C)c2ccnc(N)c2)CC1. The predicted octanol–water partition coefficient (Wildman–Crippen LogP) is 1.58. The molecule has 0 aliphatic carbocycles. The van der Waals surface area contributed by atoms with Gasteiger partial charge in [0.25, 0.3) is 0 Å². The number of likely N-dealkylation sites (tertiary alicyclic amines) is 1. The van der Waals surface area contributed by atoms with E-state index in [9.17, 15) is 0 Å². The van der Waals surface area contributed by atoms with Crippen LogP contribution in [0.3, 0.4) is 0 Å². The predicted molar refractivity (Wildman–Crippen MR) is 72.2 cm³/mol. The lowest BCUT2D eigenvalue weighted by Gasteiger charge is -2.37. The molecule has 1 aromatic heterocycles. The molecule has 0 spiro atoms. The molecule has 2 rings (SSSR count). The zero-order valence-electron chi connectivity index (χ0n) is 10.8. The van der Waals surface area contributed by atoms with Crippen LogP contribution in [0.5, 0.6) is 0 Å². The lowest BCUT2D eigenvalue weighted by Crippen LogP contribution is -2.43. The minimum atomic E-state index is 0.598. The molecule has 1 aliphatic heterocycles. The fourth-order valence-electron chi connectivity index (χ4n) is 2.49. The van der Waals surface area contributed by atoms with E-state index in [1.165, 1.54) is 38.2 Å². The van der Waals surface area contributed by atoms with Crippen LogP contribution in [0, 0.1) is 0 Å². The smallest absolute Gasteiger partial charge is 0.125 e. The summed E-state index contributed by atoms with van der Waals surface area (Å²) in [5.74, 6) is 0.598. The van der Waals surface area contributed by atoms with Crippen LogP contribution in [-0.4, -0.2) is 42.6 Å². The maximum Gasteiger partial charge on any atom is 0.125 e. The summed E-state index contributed by atoms with van der Waals surface area (Å²) >= 11 is 0. The Balaban J connectivity index is 1.99. The van der Waals surface area contributed by atoms with E-state index in [0.717, 1.165) is 0 Å². The molecule has 0 amide bonds. The zero-order chi connectivity index (χ0) is 12.3. The van der Waals surface area contributed by atoms with Gasteiger partial charge in [-0.2, -0.15) is 0 Å². The van der Waals surface area contributed by atoms with Crippen LogP contribution in [-0.2, 0) is 0 Å². The van der Waals surface area contributed by atoms with Gasteiger partial charge < -0.3 is 15.5 Å². The monoisotopic (exact) mass is 234 g/mol. The van der Waals surface area contributed by atoms with Crippen LogP contribution < -0.4 is 10.6 Å². The maximum absolute atomic E-state index is 5.72. The molecule has 0 bridgehead atoms. The lowest BCUT2D eigenvalue weighted by molar-refractivity contribution is 0.221. The Hall–Kier alpha value is -1.29. The van der Waals surface area contributed by atoms with Gasteiger partial charge in [-0.25, -0.2) is 4.98 Å². The van der Waals surface area contributed by atoms with Crippen molar-refractivity contribution in [1.29, 1.82) is 0 Å². The average molecular weight is 234 g/mol. The molecule has 4 nitrogen and oxygen atoms in total. The third kappa shape index (κ3) is 2.88. The van der Waals surface area contributed by atoms with E-state index in [2.05, 4.69) is 28.8 Å². The first kappa shape index (κ1) is 12.2. The van der Waals surface area contributed by atoms with Crippen LogP contribution >= 0.6 is 0 Å². The summed E-state index contributed by atoms with van der Waals surface area (Å²) in [7, 11) is 2.15. The van der Waals surface area contributed by atoms with Crippen molar-refractivity contribution in [3.63, 3.8) is 0 Å². The molecular formula is C13H22N4. The van der Waals surface area contributed by atoms with E-state index in [4.69, 9.17) is 5.73 Å². The molecule has 0 saturated carbocycles. The minimum absolute atomic E-state index is 0.598. The van der Waals surface area contributed by atoms with Gasteiger partial charge in [-0.1, -0.05) is 6.92 Å². The second kappa shape index (κ2) is 5.36. The van der Waals surface area contributed by atoms with Crippen molar-refractivity contribution in [2.45, 2.75) is 25.8 Å². The number of rotatable bonds is 3. The largest absolute Gasteiger partial charge is 0.384 e. The summed E-state index contributed by atoms with van der Waals surface area (Å²) in [4.78, 5) is 8.88. The van der Waals surface area contributed by atoms with Crippen LogP contribution in [0.1, 0.15) is 19.8 Å². The minimum Gasteiger partial charge on any atom is -0.384 e. The molecular weight excluding hydrogens is 212 g/mol. The molecule has 1 aliphatic rings. The molecule has 94 valence electrons. The summed E-state index contributed by atoms with van der Waals surface area (Å²) < 4.78 is 0. The van der Waals surface area contributed by atoms with Gasteiger partial charge in [0.15, 0.2) is 0 Å². The average Bonchev–Trinajstić information content (AvgIpc) is 2.38. The quantitative estimate of drug-likeness (QED) is 0.862. The van der Waals surface area contributed by atoms with E-state index in [0.29, 0.717) is 11.9 Å². The highest BCUT2D eigenvalue weighted by molar-refractivity contribution is 5.52. The van der Waals surface area contributed by atoms with Crippen molar-refractivity contribution in [1.82, 2.24) is 9.88 Å². The molecule has 2 heterocycles. The number of anilines is 2. The zero-order valence-corrected chi connectivity index (χ0v) is 10.8. The summed E-state index contributed by atoms with van der Waals surface area (Å²) in [6.07, 6.45) is 4.24. The third-order valence-electron chi connectivity index (χ3n) is 3.72. The van der Waals surface area contributed by atoms with Crippen LogP contribution in [0.2, 0.25) is 0 Å². The first-order valence-corrected chi connectivity index (χ1v) is 6.37. The molecule has 1 fully saturated rings. The van der Waals surface area contributed by atoms with E-state index in [1.807, 2.05) is 12.1 Å². The Labute approximate surface area is 103 Å². The number of hydrogen-bond acceptors (Lipinski definition) is 4. The van der Waals surface area contributed by atoms with Crippen LogP contribution in [0.25, 0.3) is 0 Å². The van der Waals surface area contributed by atoms with Crippen molar-refractivity contribution in [3.8, 4) is 0 Å². The van der Waals surface area contributed by atoms with E-state index < -0.39 is 0 Å². The first-order chi connectivity index (χ1) is 8.20. The van der Waals surface area contributed by atoms with Gasteiger partial charge in [0.2, 0.25) is 0 Å². The number of nitrogens with two attached hydrogens (primary N) is 1. The van der Waals surface area contributed by atoms with E-state index in [1.54, 1.807) is 6.20 Å². The van der Waals surface area contributed by atoms with Crippen molar-refractivity contribution >= 4 is 11.5 Å². The Morgan fingerprint density at radius 3 is 2.76 bits per heavy atom. The van der Waals surface area contributed by atoms with E-state index in [-0.39, 0.29) is 0 Å². The fourth-order valence-corrected chi connectivity index (χ4v) is 2.49. The number of nitrogens with zero attached hydrogens (tertiary/aromatic N) is 3. The number of piperidine rings is 1. The Bertz CT molecular complexity index is 358. The van der Waals surface area contributed by atoms with Crippen LogP contribution in [0.4, 0.5) is 11.5 Å². The summed E-state index contributed by atoms with van der Waals surface area (Å²) in [5.41, 5.74) is 6.90. The number of pyridine rings is 1. The van der Waals surface area contributed by atoms with Gasteiger partial charge in [0.1, 0.15) is 5.82 Å². The molecule has 0 radical (unpaired) electrons. The Morgan fingerprint density at radius 2 is 2.18 bits per heavy atom. The normalized spacial score (nSPS) is 18.2. The second-order valence-corrected chi connectivity index (χ2v) is 4.72. The maximum atomic E-state index is 5.72. The lowest BCUT2D eigenvalue weighted by atomic mass is 10.0. The van der Waals surface area contributed by atoms with Gasteiger partial charge in [-0.3, -0.25) is 0 Å². The molecule has 0 atom stereocenters. The van der Waals surface area contributed by atoms with Crippen LogP contribution in [0.15, 0.2) is 18.3 Å². The molecule has 4 heteroatoms. The second-order valence-electron chi connectivity index (χ2n) is 4.72. The highest BCUT2D eigenvalue weighted by atomic mass is 15.2. The van der Waals surface area contributed by atoms with Gasteiger partial charge in [-0.15, -0.1) is 0 Å². The topological polar surface area (TPSA) is 45.4 Å². The molecule has 0 aromatic carbocycles.